The fourth-order valence-corrected chi connectivity index (χ4v) is 3.78. The topological polar surface area (TPSA) is 59.4 Å². The number of hydrogen-bond acceptors (Lipinski definition) is 3. The number of carbonyl (C=O) groups is 1. The first-order valence-electron chi connectivity index (χ1n) is 10.3. The van der Waals surface area contributed by atoms with Crippen LogP contribution in [-0.2, 0) is 13.1 Å². The molecule has 1 N–H and O–H groups in total. The van der Waals surface area contributed by atoms with Crippen molar-refractivity contribution in [2.24, 2.45) is 0 Å². The van der Waals surface area contributed by atoms with Crippen molar-refractivity contribution in [1.82, 2.24) is 19.8 Å². The number of amides is 2. The van der Waals surface area contributed by atoms with Gasteiger partial charge >= 0.3 is 6.03 Å². The highest BCUT2D eigenvalue weighted by atomic mass is 16.5. The lowest BCUT2D eigenvalue weighted by molar-refractivity contribution is 0.143. The number of imidazole rings is 1. The third-order valence-electron chi connectivity index (χ3n) is 5.23. The molecule has 2 aromatic rings. The molecule has 2 heterocycles. The number of urea groups is 1. The maximum absolute atomic E-state index is 12.8. The minimum absolute atomic E-state index is 0.0298. The van der Waals surface area contributed by atoms with Gasteiger partial charge in [-0.25, -0.2) is 9.78 Å². The van der Waals surface area contributed by atoms with Gasteiger partial charge in [0, 0.05) is 38.1 Å². The van der Waals surface area contributed by atoms with Gasteiger partial charge in [0.2, 0.25) is 0 Å². The number of nitrogens with zero attached hydrogens (tertiary/aromatic N) is 3. The van der Waals surface area contributed by atoms with Crippen LogP contribution in [0.15, 0.2) is 36.7 Å². The number of hydrogen-bond donors (Lipinski definition) is 1. The zero-order valence-corrected chi connectivity index (χ0v) is 17.2. The Balaban J connectivity index is 1.55. The Morgan fingerprint density at radius 2 is 2.21 bits per heavy atom. The maximum atomic E-state index is 12.8. The number of aryl methyl sites for hydroxylation is 2. The van der Waals surface area contributed by atoms with Gasteiger partial charge in [-0.3, -0.25) is 0 Å². The van der Waals surface area contributed by atoms with E-state index in [1.165, 1.54) is 6.42 Å². The Morgan fingerprint density at radius 3 is 2.96 bits per heavy atom. The third-order valence-corrected chi connectivity index (χ3v) is 5.23. The molecule has 152 valence electrons. The molecule has 3 rings (SSSR count). The molecule has 0 aliphatic carbocycles. The fourth-order valence-electron chi connectivity index (χ4n) is 3.78. The lowest BCUT2D eigenvalue weighted by Gasteiger charge is -2.36. The van der Waals surface area contributed by atoms with Gasteiger partial charge in [-0.1, -0.05) is 12.1 Å². The van der Waals surface area contributed by atoms with Crippen molar-refractivity contribution < 1.29 is 9.53 Å². The Kier molecular flexibility index (Phi) is 6.95. The standard InChI is InChI=1S/C22H32N4O2/c1-17(2)28-21-9-6-7-19(15-21)16-24-22(27)26-12-5-4-8-20(26)10-13-25-14-11-23-18(25)3/h6-7,9,11,14-15,17,20H,4-5,8,10,12-13,16H2,1-3H3,(H,24,27). The summed E-state index contributed by atoms with van der Waals surface area (Å²) < 4.78 is 7.90. The van der Waals surface area contributed by atoms with Gasteiger partial charge < -0.3 is 19.5 Å². The average molecular weight is 385 g/mol. The predicted octanol–water partition coefficient (Wildman–Crippen LogP) is 4.13. The van der Waals surface area contributed by atoms with Crippen LogP contribution in [0, 0.1) is 6.92 Å². The van der Waals surface area contributed by atoms with Crippen LogP contribution in [-0.4, -0.2) is 39.2 Å². The first-order valence-corrected chi connectivity index (χ1v) is 10.3. The van der Waals surface area contributed by atoms with Gasteiger partial charge in [0.05, 0.1) is 6.10 Å². The molecule has 0 radical (unpaired) electrons. The third kappa shape index (κ3) is 5.50. The smallest absolute Gasteiger partial charge is 0.317 e. The number of nitrogens with one attached hydrogen (secondary N) is 1. The van der Waals surface area contributed by atoms with E-state index in [9.17, 15) is 4.79 Å². The molecular weight excluding hydrogens is 352 g/mol. The van der Waals surface area contributed by atoms with Gasteiger partial charge in [-0.15, -0.1) is 0 Å². The second-order valence-electron chi connectivity index (χ2n) is 7.77. The molecule has 0 bridgehead atoms. The van der Waals surface area contributed by atoms with E-state index in [-0.39, 0.29) is 18.2 Å². The van der Waals surface area contributed by atoms with Crippen LogP contribution < -0.4 is 10.1 Å². The minimum Gasteiger partial charge on any atom is -0.491 e. The molecule has 2 amide bonds. The molecule has 1 aromatic heterocycles. The van der Waals surface area contributed by atoms with Gasteiger partial charge in [0.25, 0.3) is 0 Å². The highest BCUT2D eigenvalue weighted by Crippen LogP contribution is 2.21. The quantitative estimate of drug-likeness (QED) is 0.781. The summed E-state index contributed by atoms with van der Waals surface area (Å²) in [6.45, 7) is 8.28. The summed E-state index contributed by atoms with van der Waals surface area (Å²) in [6, 6.07) is 8.24. The zero-order chi connectivity index (χ0) is 19.9. The molecule has 28 heavy (non-hydrogen) atoms. The first-order chi connectivity index (χ1) is 13.5. The molecule has 1 aliphatic rings. The Labute approximate surface area is 167 Å². The Hall–Kier alpha value is -2.50. The van der Waals surface area contributed by atoms with Crippen molar-refractivity contribution in [1.29, 1.82) is 0 Å². The van der Waals surface area contributed by atoms with Gasteiger partial charge in [0.1, 0.15) is 11.6 Å². The summed E-state index contributed by atoms with van der Waals surface area (Å²) in [6.07, 6.45) is 8.27. The van der Waals surface area contributed by atoms with E-state index >= 15 is 0 Å². The molecule has 1 saturated heterocycles. The van der Waals surface area contributed by atoms with Crippen LogP contribution in [0.4, 0.5) is 4.79 Å². The molecule has 6 heteroatoms. The lowest BCUT2D eigenvalue weighted by Crippen LogP contribution is -2.48. The lowest BCUT2D eigenvalue weighted by atomic mass is 9.99. The van der Waals surface area contributed by atoms with Crippen LogP contribution in [0.1, 0.15) is 50.9 Å². The average Bonchev–Trinajstić information content (AvgIpc) is 3.09. The van der Waals surface area contributed by atoms with E-state index in [0.717, 1.165) is 49.5 Å². The molecule has 6 nitrogen and oxygen atoms in total. The number of benzene rings is 1. The number of ether oxygens (including phenoxy) is 1. The molecule has 1 aliphatic heterocycles. The van der Waals surface area contributed by atoms with Crippen molar-refractivity contribution in [2.75, 3.05) is 6.54 Å². The summed E-state index contributed by atoms with van der Waals surface area (Å²) in [5.41, 5.74) is 1.05. The number of aromatic nitrogens is 2. The second kappa shape index (κ2) is 9.62. The van der Waals surface area contributed by atoms with E-state index in [2.05, 4.69) is 14.9 Å². The maximum Gasteiger partial charge on any atom is 0.317 e. The molecule has 1 aromatic carbocycles. The number of piperidine rings is 1. The second-order valence-corrected chi connectivity index (χ2v) is 7.77. The van der Waals surface area contributed by atoms with E-state index in [1.807, 2.05) is 62.3 Å². The van der Waals surface area contributed by atoms with E-state index in [0.29, 0.717) is 6.54 Å². The van der Waals surface area contributed by atoms with Crippen molar-refractivity contribution >= 4 is 6.03 Å². The van der Waals surface area contributed by atoms with Crippen LogP contribution in [0.3, 0.4) is 0 Å². The highest BCUT2D eigenvalue weighted by molar-refractivity contribution is 5.74. The first kappa shape index (κ1) is 20.2. The highest BCUT2D eigenvalue weighted by Gasteiger charge is 2.26. The van der Waals surface area contributed by atoms with Crippen molar-refractivity contribution in [3.63, 3.8) is 0 Å². The fraction of sp³-hybridized carbons (Fsp3) is 0.545. The summed E-state index contributed by atoms with van der Waals surface area (Å²) >= 11 is 0. The summed E-state index contributed by atoms with van der Waals surface area (Å²) in [7, 11) is 0. The summed E-state index contributed by atoms with van der Waals surface area (Å²) in [5, 5.41) is 3.10. The van der Waals surface area contributed by atoms with Gasteiger partial charge in [-0.2, -0.15) is 0 Å². The number of rotatable bonds is 7. The summed E-state index contributed by atoms with van der Waals surface area (Å²) in [4.78, 5) is 19.1. The van der Waals surface area contributed by atoms with Crippen molar-refractivity contribution in [2.45, 2.75) is 71.7 Å². The number of likely N-dealkylation sites (tertiary alicyclic amines) is 1. The van der Waals surface area contributed by atoms with Gasteiger partial charge in [-0.05, 0) is 64.2 Å². The zero-order valence-electron chi connectivity index (χ0n) is 17.2. The Morgan fingerprint density at radius 1 is 1.36 bits per heavy atom. The van der Waals surface area contributed by atoms with Crippen molar-refractivity contribution in [3.8, 4) is 5.75 Å². The van der Waals surface area contributed by atoms with E-state index < -0.39 is 0 Å². The normalized spacial score (nSPS) is 17.0. The van der Waals surface area contributed by atoms with E-state index in [1.54, 1.807) is 0 Å². The minimum atomic E-state index is 0.0298. The van der Waals surface area contributed by atoms with E-state index in [4.69, 9.17) is 4.74 Å². The molecule has 0 saturated carbocycles. The monoisotopic (exact) mass is 384 g/mol. The SMILES string of the molecule is Cc1nccn1CCC1CCCCN1C(=O)NCc1cccc(OC(C)C)c1. The van der Waals surface area contributed by atoms with Gasteiger partial charge in [0.15, 0.2) is 0 Å². The molecule has 1 atom stereocenters. The molecule has 1 unspecified atom stereocenters. The molecular formula is C22H32N4O2. The van der Waals surface area contributed by atoms with Crippen LogP contribution in [0.2, 0.25) is 0 Å². The van der Waals surface area contributed by atoms with Crippen molar-refractivity contribution in [3.05, 3.63) is 48.0 Å². The van der Waals surface area contributed by atoms with Crippen LogP contribution in [0.5, 0.6) is 5.75 Å². The number of carbonyl (C=O) groups excluding carboxylic acids is 1. The Bertz CT molecular complexity index is 771. The largest absolute Gasteiger partial charge is 0.491 e. The predicted molar refractivity (Wildman–Crippen MR) is 110 cm³/mol. The molecule has 0 spiro atoms. The summed E-state index contributed by atoms with van der Waals surface area (Å²) in [5.74, 6) is 1.86. The molecule has 1 fully saturated rings. The van der Waals surface area contributed by atoms with Crippen LogP contribution in [0.25, 0.3) is 0 Å². The van der Waals surface area contributed by atoms with Crippen LogP contribution >= 0.6 is 0 Å².